The van der Waals surface area contributed by atoms with Crippen molar-refractivity contribution in [3.8, 4) is 0 Å². The minimum atomic E-state index is 1.03. The molecule has 0 aliphatic carbocycles. The van der Waals surface area contributed by atoms with E-state index in [2.05, 4.69) is 66.9 Å². The first-order valence-corrected chi connectivity index (χ1v) is 6.79. The number of hydrogen-bond donors (Lipinski definition) is 0. The molecule has 17 heavy (non-hydrogen) atoms. The Morgan fingerprint density at radius 2 is 1.53 bits per heavy atom. The molecule has 2 aromatic carbocycles. The maximum atomic E-state index is 2.24. The lowest BCUT2D eigenvalue weighted by Crippen LogP contribution is -1.79. The second-order valence-corrected chi connectivity index (χ2v) is 4.82. The van der Waals surface area contributed by atoms with Crippen molar-refractivity contribution in [2.75, 3.05) is 0 Å². The molecule has 0 fully saturated rings. The highest BCUT2D eigenvalue weighted by atomic mass is 32.2. The Labute approximate surface area is 107 Å². The van der Waals surface area contributed by atoms with Crippen molar-refractivity contribution in [2.24, 2.45) is 0 Å². The summed E-state index contributed by atoms with van der Waals surface area (Å²) < 4.78 is 0. The molecule has 0 unspecified atom stereocenters. The zero-order valence-corrected chi connectivity index (χ0v) is 10.8. The third kappa shape index (κ3) is 3.79. The molecule has 0 spiro atoms. The Hall–Kier alpha value is -1.47. The van der Waals surface area contributed by atoms with Crippen LogP contribution >= 0.6 is 11.8 Å². The van der Waals surface area contributed by atoms with Gasteiger partial charge in [0.25, 0.3) is 0 Å². The van der Waals surface area contributed by atoms with Crippen LogP contribution in [0.3, 0.4) is 0 Å². The van der Waals surface area contributed by atoms with E-state index < -0.39 is 0 Å². The van der Waals surface area contributed by atoms with E-state index in [0.29, 0.717) is 0 Å². The van der Waals surface area contributed by atoms with Gasteiger partial charge in [0.2, 0.25) is 0 Å². The van der Waals surface area contributed by atoms with Crippen LogP contribution < -0.4 is 0 Å². The molecule has 0 atom stereocenters. The molecule has 0 bridgehead atoms. The smallest absolute Gasteiger partial charge is 0.0226 e. The standard InChI is InChI=1S/C16H16S/c1-14(16-10-6-3-7-11-16)12-17-13-15-8-4-2-5-9-15/h2-12H,13H2,1H3. The molecule has 0 amide bonds. The second kappa shape index (κ2) is 6.31. The molecule has 0 aliphatic rings. The van der Waals surface area contributed by atoms with Crippen LogP contribution in [0.15, 0.2) is 66.1 Å². The van der Waals surface area contributed by atoms with Crippen LogP contribution in [0.5, 0.6) is 0 Å². The van der Waals surface area contributed by atoms with Crippen molar-refractivity contribution in [2.45, 2.75) is 12.7 Å². The second-order valence-electron chi connectivity index (χ2n) is 3.96. The lowest BCUT2D eigenvalue weighted by molar-refractivity contribution is 1.42. The summed E-state index contributed by atoms with van der Waals surface area (Å²) in [5.41, 5.74) is 3.99. The van der Waals surface area contributed by atoms with Gasteiger partial charge in [0.05, 0.1) is 0 Å². The van der Waals surface area contributed by atoms with Gasteiger partial charge >= 0.3 is 0 Å². The largest absolute Gasteiger partial charge is 0.129 e. The fourth-order valence-electron chi connectivity index (χ4n) is 1.61. The molecule has 0 heterocycles. The van der Waals surface area contributed by atoms with E-state index in [4.69, 9.17) is 0 Å². The van der Waals surface area contributed by atoms with Gasteiger partial charge in [0.1, 0.15) is 0 Å². The maximum absolute atomic E-state index is 2.24. The highest BCUT2D eigenvalue weighted by Crippen LogP contribution is 2.20. The zero-order valence-electron chi connectivity index (χ0n) is 9.97. The average molecular weight is 240 g/mol. The van der Waals surface area contributed by atoms with Gasteiger partial charge in [-0.1, -0.05) is 60.7 Å². The summed E-state index contributed by atoms with van der Waals surface area (Å²) in [5, 5.41) is 2.24. The number of thioether (sulfide) groups is 1. The van der Waals surface area contributed by atoms with E-state index >= 15 is 0 Å². The Kier molecular flexibility index (Phi) is 4.45. The summed E-state index contributed by atoms with van der Waals surface area (Å²) >= 11 is 1.85. The van der Waals surface area contributed by atoms with Crippen LogP contribution in [0, 0.1) is 0 Å². The Morgan fingerprint density at radius 3 is 2.18 bits per heavy atom. The predicted molar refractivity (Wildman–Crippen MR) is 77.8 cm³/mol. The SMILES string of the molecule is CC(=CSCc1ccccc1)c1ccccc1. The van der Waals surface area contributed by atoms with Crippen molar-refractivity contribution in [3.05, 3.63) is 77.2 Å². The topological polar surface area (TPSA) is 0 Å². The van der Waals surface area contributed by atoms with Gasteiger partial charge in [-0.05, 0) is 29.0 Å². The number of hydrogen-bond acceptors (Lipinski definition) is 1. The van der Waals surface area contributed by atoms with E-state index in [1.54, 1.807) is 0 Å². The molecule has 0 saturated heterocycles. The zero-order chi connectivity index (χ0) is 11.9. The monoisotopic (exact) mass is 240 g/mol. The van der Waals surface area contributed by atoms with Gasteiger partial charge in [-0.15, -0.1) is 11.8 Å². The molecule has 0 aromatic heterocycles. The molecule has 2 aromatic rings. The van der Waals surface area contributed by atoms with Gasteiger partial charge in [0, 0.05) is 5.75 Å². The third-order valence-corrected chi connectivity index (χ3v) is 3.60. The summed E-state index contributed by atoms with van der Waals surface area (Å²) in [5.74, 6) is 1.03. The van der Waals surface area contributed by atoms with Crippen LogP contribution in [-0.2, 0) is 5.75 Å². The molecule has 0 saturated carbocycles. The Morgan fingerprint density at radius 1 is 0.941 bits per heavy atom. The number of benzene rings is 2. The molecule has 0 radical (unpaired) electrons. The van der Waals surface area contributed by atoms with Gasteiger partial charge < -0.3 is 0 Å². The van der Waals surface area contributed by atoms with Crippen molar-refractivity contribution >= 4 is 17.3 Å². The van der Waals surface area contributed by atoms with E-state index in [1.165, 1.54) is 16.7 Å². The summed E-state index contributed by atoms with van der Waals surface area (Å²) in [6, 6.07) is 21.1. The minimum absolute atomic E-state index is 1.03. The van der Waals surface area contributed by atoms with E-state index in [1.807, 2.05) is 17.8 Å². The van der Waals surface area contributed by atoms with Crippen molar-refractivity contribution in [1.82, 2.24) is 0 Å². The Balaban J connectivity index is 1.93. The van der Waals surface area contributed by atoms with Crippen LogP contribution in [-0.4, -0.2) is 0 Å². The van der Waals surface area contributed by atoms with Crippen molar-refractivity contribution in [1.29, 1.82) is 0 Å². The number of allylic oxidation sites excluding steroid dienone is 1. The molecule has 86 valence electrons. The highest BCUT2D eigenvalue weighted by Gasteiger charge is 1.94. The summed E-state index contributed by atoms with van der Waals surface area (Å²) in [6.45, 7) is 2.16. The fraction of sp³-hybridized carbons (Fsp3) is 0.125. The molecule has 0 nitrogen and oxygen atoms in total. The van der Waals surface area contributed by atoms with Crippen LogP contribution in [0.4, 0.5) is 0 Å². The minimum Gasteiger partial charge on any atom is -0.129 e. The quantitative estimate of drug-likeness (QED) is 0.726. The maximum Gasteiger partial charge on any atom is 0.0226 e. The van der Waals surface area contributed by atoms with Gasteiger partial charge in [0.15, 0.2) is 0 Å². The van der Waals surface area contributed by atoms with E-state index in [0.717, 1.165) is 5.75 Å². The summed E-state index contributed by atoms with van der Waals surface area (Å²) in [7, 11) is 0. The molecule has 0 aliphatic heterocycles. The fourth-order valence-corrected chi connectivity index (χ4v) is 2.46. The van der Waals surface area contributed by atoms with Crippen LogP contribution in [0.25, 0.3) is 5.57 Å². The van der Waals surface area contributed by atoms with Crippen LogP contribution in [0.1, 0.15) is 18.1 Å². The molecular weight excluding hydrogens is 224 g/mol. The lowest BCUT2D eigenvalue weighted by Gasteiger charge is -2.01. The lowest BCUT2D eigenvalue weighted by atomic mass is 10.1. The van der Waals surface area contributed by atoms with Crippen molar-refractivity contribution in [3.63, 3.8) is 0 Å². The third-order valence-electron chi connectivity index (χ3n) is 2.58. The van der Waals surface area contributed by atoms with Crippen LogP contribution in [0.2, 0.25) is 0 Å². The van der Waals surface area contributed by atoms with Crippen molar-refractivity contribution < 1.29 is 0 Å². The summed E-state index contributed by atoms with van der Waals surface area (Å²) in [6.07, 6.45) is 0. The van der Waals surface area contributed by atoms with E-state index in [-0.39, 0.29) is 0 Å². The number of rotatable bonds is 4. The average Bonchev–Trinajstić information content (AvgIpc) is 2.41. The molecule has 2 rings (SSSR count). The first-order valence-electron chi connectivity index (χ1n) is 5.74. The highest BCUT2D eigenvalue weighted by molar-refractivity contribution is 8.01. The molecule has 0 N–H and O–H groups in total. The molecule has 1 heteroatoms. The Bertz CT molecular complexity index is 471. The molecular formula is C16H16S. The van der Waals surface area contributed by atoms with Gasteiger partial charge in [-0.2, -0.15) is 0 Å². The first kappa shape index (κ1) is 12.0. The summed E-state index contributed by atoms with van der Waals surface area (Å²) in [4.78, 5) is 0. The predicted octanol–water partition coefficient (Wildman–Crippen LogP) is 4.98. The van der Waals surface area contributed by atoms with Gasteiger partial charge in [-0.25, -0.2) is 0 Å². The normalized spacial score (nSPS) is 11.5. The van der Waals surface area contributed by atoms with E-state index in [9.17, 15) is 0 Å². The first-order chi connectivity index (χ1) is 8.36. The van der Waals surface area contributed by atoms with Gasteiger partial charge in [-0.3, -0.25) is 0 Å².